The van der Waals surface area contributed by atoms with Gasteiger partial charge in [0.2, 0.25) is 0 Å². The van der Waals surface area contributed by atoms with Crippen molar-refractivity contribution in [2.45, 2.75) is 101 Å². The number of allylic oxidation sites excluding steroid dienone is 1. The van der Waals surface area contributed by atoms with Gasteiger partial charge in [0, 0.05) is 35.9 Å². The lowest BCUT2D eigenvalue weighted by atomic mass is 9.82. The number of sulfonamides is 1. The molecule has 2 heterocycles. The van der Waals surface area contributed by atoms with E-state index in [0.717, 1.165) is 29.5 Å². The second-order valence-corrected chi connectivity index (χ2v) is 21.2. The van der Waals surface area contributed by atoms with Gasteiger partial charge in [-0.15, -0.1) is 13.2 Å². The number of pyridine rings is 1. The number of carbonyl (C=O) groups is 1. The van der Waals surface area contributed by atoms with Crippen molar-refractivity contribution >= 4 is 35.6 Å². The topological polar surface area (TPSA) is 97.8 Å². The average molecular weight is 748 g/mol. The number of benzene rings is 2. The first-order valence-electron chi connectivity index (χ1n) is 17.0. The van der Waals surface area contributed by atoms with Crippen LogP contribution in [0.4, 0.5) is 23.4 Å². The Labute approximate surface area is 298 Å². The highest BCUT2D eigenvalue weighted by Gasteiger charge is 2.40. The van der Waals surface area contributed by atoms with Gasteiger partial charge in [0.25, 0.3) is 15.9 Å². The Kier molecular flexibility index (Phi) is 11.1. The zero-order chi connectivity index (χ0) is 37.4. The number of nitrogens with one attached hydrogen (secondary N) is 1. The molecule has 1 fully saturated rings. The molecule has 1 amide bonds. The summed E-state index contributed by atoms with van der Waals surface area (Å²) in [6, 6.07) is 11.1. The molecule has 1 aliphatic heterocycles. The van der Waals surface area contributed by atoms with Crippen molar-refractivity contribution < 1.29 is 39.9 Å². The zero-order valence-corrected chi connectivity index (χ0v) is 31.6. The molecule has 3 aromatic rings. The smallest absolute Gasteiger partial charge is 0.414 e. The maximum atomic E-state index is 16.0. The molecule has 0 radical (unpaired) electrons. The number of rotatable bonds is 9. The van der Waals surface area contributed by atoms with Gasteiger partial charge in [-0.3, -0.25) is 9.52 Å². The molecule has 0 saturated carbocycles. The molecule has 2 aromatic carbocycles. The number of hydrogen-bond donors (Lipinski definition) is 1. The Morgan fingerprint density at radius 2 is 1.61 bits per heavy atom. The lowest BCUT2D eigenvalue weighted by molar-refractivity contribution is -0.274. The van der Waals surface area contributed by atoms with Crippen molar-refractivity contribution in [3.63, 3.8) is 0 Å². The Morgan fingerprint density at radius 3 is 2.16 bits per heavy atom. The maximum absolute atomic E-state index is 16.0. The first kappa shape index (κ1) is 38.5. The van der Waals surface area contributed by atoms with Crippen molar-refractivity contribution in [1.29, 1.82) is 0 Å². The van der Waals surface area contributed by atoms with Crippen LogP contribution in [-0.4, -0.2) is 58.1 Å². The van der Waals surface area contributed by atoms with E-state index in [1.54, 1.807) is 17.0 Å². The predicted molar refractivity (Wildman–Crippen MR) is 191 cm³/mol. The number of aromatic nitrogens is 1. The van der Waals surface area contributed by atoms with Gasteiger partial charge in [-0.1, -0.05) is 44.5 Å². The quantitative estimate of drug-likeness (QED) is 0.173. The third-order valence-electron chi connectivity index (χ3n) is 10.1. The number of aryl methyl sites for hydroxylation is 1. The molecule has 14 heteroatoms. The van der Waals surface area contributed by atoms with Crippen LogP contribution >= 0.6 is 0 Å². The van der Waals surface area contributed by atoms with Crippen LogP contribution < -0.4 is 9.46 Å². The molecule has 1 atom stereocenters. The standard InChI is InChI=1S/C37H45F4N3O5SSi/c1-24-7-17-30(18-8-24)50(46,47)43-34-33(25-9-15-29(16-10-25)49-51(5,6)36(2,3)4)32(31(38)23-42-34)26-19-21-44(22-20-26)35(45)27-11-13-28(14-12-27)48-37(39,40)41/h7-9,11-14,17-18,23,26,29H,10,15-16,19-22H2,1-6H3,(H,42,43). The Hall–Kier alpha value is -3.75. The number of amides is 1. The minimum absolute atomic E-state index is 0.0179. The van der Waals surface area contributed by atoms with E-state index in [2.05, 4.69) is 48.3 Å². The molecule has 0 spiro atoms. The van der Waals surface area contributed by atoms with Crippen molar-refractivity contribution in [3.05, 3.63) is 88.9 Å². The molecule has 51 heavy (non-hydrogen) atoms. The lowest BCUT2D eigenvalue weighted by Gasteiger charge is -2.40. The molecule has 8 nitrogen and oxygen atoms in total. The minimum atomic E-state index is -4.84. The van der Waals surface area contributed by atoms with Crippen molar-refractivity contribution in [3.8, 4) is 5.75 Å². The number of carbonyl (C=O) groups excluding carboxylic acids is 1. The van der Waals surface area contributed by atoms with Crippen LogP contribution in [0, 0.1) is 12.7 Å². The zero-order valence-electron chi connectivity index (χ0n) is 29.7. The van der Waals surface area contributed by atoms with E-state index >= 15 is 4.39 Å². The monoisotopic (exact) mass is 747 g/mol. The average Bonchev–Trinajstić information content (AvgIpc) is 3.05. The summed E-state index contributed by atoms with van der Waals surface area (Å²) in [5.41, 5.74) is 2.65. The summed E-state index contributed by atoms with van der Waals surface area (Å²) in [6.07, 6.45) is 0.740. The minimum Gasteiger partial charge on any atom is -0.414 e. The number of halogens is 4. The predicted octanol–water partition coefficient (Wildman–Crippen LogP) is 9.21. The summed E-state index contributed by atoms with van der Waals surface area (Å²) in [6.45, 7) is 13.3. The van der Waals surface area contributed by atoms with Gasteiger partial charge in [-0.05, 0) is 105 Å². The largest absolute Gasteiger partial charge is 0.573 e. The van der Waals surface area contributed by atoms with Crippen LogP contribution in [-0.2, 0) is 14.4 Å². The number of anilines is 1. The molecule has 276 valence electrons. The number of ether oxygens (including phenoxy) is 1. The molecular weight excluding hydrogens is 703 g/mol. The summed E-state index contributed by atoms with van der Waals surface area (Å²) in [5, 5.41) is 0.0271. The van der Waals surface area contributed by atoms with E-state index in [4.69, 9.17) is 4.43 Å². The van der Waals surface area contributed by atoms with Gasteiger partial charge in [0.15, 0.2) is 8.32 Å². The van der Waals surface area contributed by atoms with Gasteiger partial charge >= 0.3 is 6.36 Å². The van der Waals surface area contributed by atoms with Gasteiger partial charge in [-0.2, -0.15) is 0 Å². The summed E-state index contributed by atoms with van der Waals surface area (Å²) in [4.78, 5) is 19.2. The van der Waals surface area contributed by atoms with Gasteiger partial charge in [0.05, 0.1) is 11.1 Å². The van der Waals surface area contributed by atoms with Gasteiger partial charge in [-0.25, -0.2) is 17.8 Å². The molecule has 1 aliphatic carbocycles. The SMILES string of the molecule is Cc1ccc(S(=O)(=O)Nc2ncc(F)c(C3CCN(C(=O)c4ccc(OC(F)(F)F)cc4)CC3)c2C2=CCC(O[Si](C)(C)C(C)(C)C)CC2)cc1. The van der Waals surface area contributed by atoms with Crippen LogP contribution in [0.2, 0.25) is 18.1 Å². The third kappa shape index (κ3) is 9.19. The molecule has 0 bridgehead atoms. The fraction of sp³-hybridized carbons (Fsp3) is 0.459. The molecule has 2 aliphatic rings. The number of hydrogen-bond acceptors (Lipinski definition) is 6. The highest BCUT2D eigenvalue weighted by Crippen LogP contribution is 2.44. The summed E-state index contributed by atoms with van der Waals surface area (Å²) in [5.74, 6) is -1.67. The first-order valence-corrected chi connectivity index (χ1v) is 21.4. The Balaban J connectivity index is 1.43. The summed E-state index contributed by atoms with van der Waals surface area (Å²) >= 11 is 0. The number of piperidine rings is 1. The number of nitrogens with zero attached hydrogens (tertiary/aromatic N) is 2. The van der Waals surface area contributed by atoms with Gasteiger partial charge < -0.3 is 14.1 Å². The van der Waals surface area contributed by atoms with Crippen LogP contribution in [0.3, 0.4) is 0 Å². The van der Waals surface area contributed by atoms with Crippen LogP contribution in [0.5, 0.6) is 5.75 Å². The molecule has 5 rings (SSSR count). The first-order chi connectivity index (χ1) is 23.7. The van der Waals surface area contributed by atoms with E-state index in [1.165, 1.54) is 24.3 Å². The van der Waals surface area contributed by atoms with Crippen molar-refractivity contribution in [2.75, 3.05) is 17.8 Å². The maximum Gasteiger partial charge on any atom is 0.573 e. The fourth-order valence-electron chi connectivity index (χ4n) is 6.30. The van der Waals surface area contributed by atoms with E-state index in [0.29, 0.717) is 43.2 Å². The van der Waals surface area contributed by atoms with E-state index in [1.807, 2.05) is 13.0 Å². The molecular formula is C37H45F4N3O5SSi. The van der Waals surface area contributed by atoms with E-state index in [9.17, 15) is 26.4 Å². The summed E-state index contributed by atoms with van der Waals surface area (Å²) < 4.78 is 94.2. The van der Waals surface area contributed by atoms with E-state index < -0.39 is 36.3 Å². The van der Waals surface area contributed by atoms with Crippen LogP contribution in [0.15, 0.2) is 65.7 Å². The van der Waals surface area contributed by atoms with Gasteiger partial charge in [0.1, 0.15) is 17.4 Å². The normalized spacial score (nSPS) is 18.0. The van der Waals surface area contributed by atoms with Crippen molar-refractivity contribution in [2.24, 2.45) is 0 Å². The Bertz CT molecular complexity index is 1870. The molecule has 1 saturated heterocycles. The highest BCUT2D eigenvalue weighted by atomic mass is 32.2. The summed E-state index contributed by atoms with van der Waals surface area (Å²) in [7, 11) is -6.13. The van der Waals surface area contributed by atoms with E-state index in [-0.39, 0.29) is 52.3 Å². The highest BCUT2D eigenvalue weighted by molar-refractivity contribution is 7.92. The molecule has 1 aromatic heterocycles. The molecule has 1 N–H and O–H groups in total. The fourth-order valence-corrected chi connectivity index (χ4v) is 8.72. The Morgan fingerprint density at radius 1 is 0.980 bits per heavy atom. The van der Waals surface area contributed by atoms with Crippen LogP contribution in [0.25, 0.3) is 5.57 Å². The number of alkyl halides is 3. The van der Waals surface area contributed by atoms with Crippen LogP contribution in [0.1, 0.15) is 85.8 Å². The second kappa shape index (κ2) is 14.7. The molecule has 1 unspecified atom stereocenters. The second-order valence-electron chi connectivity index (χ2n) is 14.8. The number of likely N-dealkylation sites (tertiary alicyclic amines) is 1. The van der Waals surface area contributed by atoms with Crippen molar-refractivity contribution in [1.82, 2.24) is 9.88 Å². The third-order valence-corrected chi connectivity index (χ3v) is 16.0. The lowest BCUT2D eigenvalue weighted by Crippen LogP contribution is -2.44.